The van der Waals surface area contributed by atoms with Crippen molar-refractivity contribution in [3.05, 3.63) is 41.4 Å². The lowest BCUT2D eigenvalue weighted by Gasteiger charge is -2.25. The van der Waals surface area contributed by atoms with E-state index in [1.54, 1.807) is 18.3 Å². The zero-order valence-electron chi connectivity index (χ0n) is 13.1. The third kappa shape index (κ3) is 2.11. The zero-order valence-corrected chi connectivity index (χ0v) is 13.8. The smallest absolute Gasteiger partial charge is 0.226 e. The number of hydrogen-bond donors (Lipinski definition) is 0. The summed E-state index contributed by atoms with van der Waals surface area (Å²) in [5.41, 5.74) is 2.42. The van der Waals surface area contributed by atoms with Gasteiger partial charge in [0.2, 0.25) is 5.28 Å². The standard InChI is InChI=1S/C17H12ClN7/c18-17-21-14-10(7-19)3-1-6-13(14)16-22-15(23-25(16)17)11-8-20-24(9-11)12-4-2-5-12/h1,3,6,8-9,12H,2,4-5H2. The molecule has 0 unspecified atom stereocenters. The quantitative estimate of drug-likeness (QED) is 0.518. The van der Waals surface area contributed by atoms with Crippen LogP contribution in [0.15, 0.2) is 30.6 Å². The lowest BCUT2D eigenvalue weighted by atomic mass is 9.93. The van der Waals surface area contributed by atoms with Gasteiger partial charge in [-0.1, -0.05) is 6.07 Å². The minimum Gasteiger partial charge on any atom is -0.269 e. The molecule has 0 atom stereocenters. The monoisotopic (exact) mass is 349 g/mol. The number of nitrogens with zero attached hydrogens (tertiary/aromatic N) is 7. The van der Waals surface area contributed by atoms with Crippen molar-refractivity contribution in [2.75, 3.05) is 0 Å². The van der Waals surface area contributed by atoms with E-state index in [-0.39, 0.29) is 5.28 Å². The second-order valence-electron chi connectivity index (χ2n) is 6.16. The molecule has 3 aromatic heterocycles. The fraction of sp³-hybridized carbons (Fsp3) is 0.235. The van der Waals surface area contributed by atoms with Gasteiger partial charge in [0.15, 0.2) is 11.5 Å². The van der Waals surface area contributed by atoms with Gasteiger partial charge in [-0.05, 0) is 43.0 Å². The summed E-state index contributed by atoms with van der Waals surface area (Å²) in [6.07, 6.45) is 7.33. The Labute approximate surface area is 147 Å². The molecule has 1 aliphatic rings. The number of aromatic nitrogens is 6. The molecule has 0 amide bonds. The van der Waals surface area contributed by atoms with Crippen molar-refractivity contribution in [1.29, 1.82) is 5.26 Å². The molecule has 1 aromatic carbocycles. The Bertz CT molecular complexity index is 1160. The van der Waals surface area contributed by atoms with Crippen LogP contribution in [0.1, 0.15) is 30.9 Å². The fourth-order valence-corrected chi connectivity index (χ4v) is 3.32. The Morgan fingerprint density at radius 1 is 1.24 bits per heavy atom. The average molecular weight is 350 g/mol. The van der Waals surface area contributed by atoms with Crippen LogP contribution in [0.4, 0.5) is 0 Å². The molecule has 0 aliphatic heterocycles. The van der Waals surface area contributed by atoms with Crippen LogP contribution in [-0.4, -0.2) is 29.4 Å². The van der Waals surface area contributed by atoms with Crippen molar-refractivity contribution in [1.82, 2.24) is 29.4 Å². The highest BCUT2D eigenvalue weighted by Gasteiger charge is 2.21. The van der Waals surface area contributed by atoms with Gasteiger partial charge < -0.3 is 0 Å². The Morgan fingerprint density at radius 3 is 2.88 bits per heavy atom. The van der Waals surface area contributed by atoms with Gasteiger partial charge in [-0.15, -0.1) is 5.10 Å². The molecule has 0 bridgehead atoms. The second kappa shape index (κ2) is 5.26. The average Bonchev–Trinajstić information content (AvgIpc) is 3.20. The van der Waals surface area contributed by atoms with Gasteiger partial charge in [-0.2, -0.15) is 14.9 Å². The molecule has 0 spiro atoms. The molecule has 25 heavy (non-hydrogen) atoms. The first-order chi connectivity index (χ1) is 12.2. The number of benzene rings is 1. The molecule has 0 radical (unpaired) electrons. The number of halogens is 1. The summed E-state index contributed by atoms with van der Waals surface area (Å²) in [5, 5.41) is 19.1. The van der Waals surface area contributed by atoms with Crippen LogP contribution in [0.5, 0.6) is 0 Å². The molecule has 5 rings (SSSR count). The minimum atomic E-state index is 0.176. The van der Waals surface area contributed by atoms with E-state index in [2.05, 4.69) is 26.2 Å². The summed E-state index contributed by atoms with van der Waals surface area (Å²) in [6, 6.07) is 8.00. The van der Waals surface area contributed by atoms with Crippen LogP contribution in [0, 0.1) is 11.3 Å². The van der Waals surface area contributed by atoms with Gasteiger partial charge in [-0.25, -0.2) is 9.97 Å². The molecule has 3 heterocycles. The maximum absolute atomic E-state index is 9.28. The highest BCUT2D eigenvalue weighted by molar-refractivity contribution is 6.29. The Kier molecular flexibility index (Phi) is 3.02. The lowest BCUT2D eigenvalue weighted by Crippen LogP contribution is -2.16. The predicted octanol–water partition coefficient (Wildman–Crippen LogP) is 3.39. The van der Waals surface area contributed by atoms with Crippen LogP contribution >= 0.6 is 11.6 Å². The Hall–Kier alpha value is -2.98. The number of fused-ring (bicyclic) bond motifs is 3. The Morgan fingerprint density at radius 2 is 2.12 bits per heavy atom. The summed E-state index contributed by atoms with van der Waals surface area (Å²) in [7, 11) is 0. The molecule has 1 fully saturated rings. The van der Waals surface area contributed by atoms with Gasteiger partial charge in [0, 0.05) is 11.6 Å². The molecule has 122 valence electrons. The topological polar surface area (TPSA) is 84.7 Å². The predicted molar refractivity (Wildman–Crippen MR) is 92.1 cm³/mol. The summed E-state index contributed by atoms with van der Waals surface area (Å²) < 4.78 is 3.48. The van der Waals surface area contributed by atoms with Crippen molar-refractivity contribution >= 4 is 28.2 Å². The molecule has 8 heteroatoms. The van der Waals surface area contributed by atoms with Crippen molar-refractivity contribution in [3.63, 3.8) is 0 Å². The van der Waals surface area contributed by atoms with Crippen LogP contribution in [-0.2, 0) is 0 Å². The maximum atomic E-state index is 9.28. The van der Waals surface area contributed by atoms with Crippen LogP contribution in [0.25, 0.3) is 27.9 Å². The normalized spacial score (nSPS) is 14.7. The van der Waals surface area contributed by atoms with Gasteiger partial charge in [0.05, 0.1) is 28.9 Å². The molecule has 0 saturated heterocycles. The highest BCUT2D eigenvalue weighted by atomic mass is 35.5. The SMILES string of the molecule is N#Cc1cccc2c1nc(Cl)n1nc(-c3cnn(C4CCC4)c3)nc21. The highest BCUT2D eigenvalue weighted by Crippen LogP contribution is 2.32. The molecule has 1 aliphatic carbocycles. The maximum Gasteiger partial charge on any atom is 0.226 e. The molecule has 0 N–H and O–H groups in total. The van der Waals surface area contributed by atoms with Crippen molar-refractivity contribution in [3.8, 4) is 17.5 Å². The molecule has 4 aromatic rings. The van der Waals surface area contributed by atoms with Crippen LogP contribution < -0.4 is 0 Å². The summed E-state index contributed by atoms with van der Waals surface area (Å²) >= 11 is 6.27. The van der Waals surface area contributed by atoms with E-state index >= 15 is 0 Å². The van der Waals surface area contributed by atoms with Crippen molar-refractivity contribution in [2.45, 2.75) is 25.3 Å². The van der Waals surface area contributed by atoms with Gasteiger partial charge in [-0.3, -0.25) is 4.68 Å². The van der Waals surface area contributed by atoms with E-state index in [9.17, 15) is 5.26 Å². The summed E-state index contributed by atoms with van der Waals surface area (Å²) in [5.74, 6) is 0.545. The Balaban J connectivity index is 1.71. The molecule has 1 saturated carbocycles. The fourth-order valence-electron chi connectivity index (χ4n) is 3.12. The first-order valence-corrected chi connectivity index (χ1v) is 8.42. The second-order valence-corrected chi connectivity index (χ2v) is 6.50. The van der Waals surface area contributed by atoms with Crippen LogP contribution in [0.2, 0.25) is 5.28 Å². The largest absolute Gasteiger partial charge is 0.269 e. The van der Waals surface area contributed by atoms with E-state index in [1.165, 1.54) is 10.9 Å². The molecule has 7 nitrogen and oxygen atoms in total. The third-order valence-corrected chi connectivity index (χ3v) is 4.94. The van der Waals surface area contributed by atoms with Gasteiger partial charge in [0.25, 0.3) is 0 Å². The minimum absolute atomic E-state index is 0.176. The number of nitriles is 1. The molecular weight excluding hydrogens is 338 g/mol. The first-order valence-electron chi connectivity index (χ1n) is 8.04. The molecular formula is C17H12ClN7. The van der Waals surface area contributed by atoms with E-state index in [4.69, 9.17) is 11.6 Å². The number of para-hydroxylation sites is 1. The van der Waals surface area contributed by atoms with E-state index in [1.807, 2.05) is 16.9 Å². The third-order valence-electron chi connectivity index (χ3n) is 4.69. The summed E-state index contributed by atoms with van der Waals surface area (Å²) in [6.45, 7) is 0. The van der Waals surface area contributed by atoms with E-state index < -0.39 is 0 Å². The number of hydrogen-bond acceptors (Lipinski definition) is 5. The van der Waals surface area contributed by atoms with Crippen molar-refractivity contribution < 1.29 is 0 Å². The summed E-state index contributed by atoms with van der Waals surface area (Å²) in [4.78, 5) is 8.95. The first kappa shape index (κ1) is 14.4. The van der Waals surface area contributed by atoms with Gasteiger partial charge in [0.1, 0.15) is 6.07 Å². The number of rotatable bonds is 2. The zero-order chi connectivity index (χ0) is 17.0. The van der Waals surface area contributed by atoms with Gasteiger partial charge >= 0.3 is 0 Å². The van der Waals surface area contributed by atoms with E-state index in [0.717, 1.165) is 23.8 Å². The van der Waals surface area contributed by atoms with E-state index in [0.29, 0.717) is 28.6 Å². The van der Waals surface area contributed by atoms with Crippen molar-refractivity contribution in [2.24, 2.45) is 0 Å². The van der Waals surface area contributed by atoms with Crippen LogP contribution in [0.3, 0.4) is 0 Å². The lowest BCUT2D eigenvalue weighted by molar-refractivity contribution is 0.289.